The quantitative estimate of drug-likeness (QED) is 0.850. The third-order valence-electron chi connectivity index (χ3n) is 3.19. The van der Waals surface area contributed by atoms with E-state index in [9.17, 15) is 17.2 Å². The third-order valence-corrected chi connectivity index (χ3v) is 4.95. The largest absolute Gasteiger partial charge is 0.385 e. The smallest absolute Gasteiger partial charge is 0.341 e. The highest BCUT2D eigenvalue weighted by molar-refractivity contribution is 7.91. The van der Waals surface area contributed by atoms with Crippen molar-refractivity contribution in [2.45, 2.75) is 28.9 Å². The molecule has 0 aromatic heterocycles. The van der Waals surface area contributed by atoms with Crippen molar-refractivity contribution in [3.05, 3.63) is 24.3 Å². The van der Waals surface area contributed by atoms with E-state index in [0.717, 1.165) is 19.4 Å². The highest BCUT2D eigenvalue weighted by Crippen LogP contribution is 2.32. The van der Waals surface area contributed by atoms with Crippen LogP contribution >= 0.6 is 11.6 Å². The molecule has 106 valence electrons. The van der Waals surface area contributed by atoms with Gasteiger partial charge in [0.15, 0.2) is 0 Å². The number of halogens is 3. The monoisotopic (exact) mass is 309 g/mol. The van der Waals surface area contributed by atoms with Crippen LogP contribution in [0.1, 0.15) is 12.8 Å². The summed E-state index contributed by atoms with van der Waals surface area (Å²) in [4.78, 5) is -0.363. The molecule has 1 aromatic rings. The summed E-state index contributed by atoms with van der Waals surface area (Å²) in [5, 5.41) is 3.39. The van der Waals surface area contributed by atoms with Crippen LogP contribution in [0.2, 0.25) is 0 Å². The Bertz CT molecular complexity index is 527. The van der Waals surface area contributed by atoms with E-state index in [0.29, 0.717) is 11.6 Å². The molecule has 0 radical (unpaired) electrons. The molecule has 1 aliphatic rings. The van der Waals surface area contributed by atoms with E-state index < -0.39 is 15.6 Å². The molecule has 0 atom stereocenters. The maximum absolute atomic E-state index is 12.3. The molecular weight excluding hydrogens is 296 g/mol. The molecule has 0 saturated heterocycles. The van der Waals surface area contributed by atoms with Crippen molar-refractivity contribution in [2.75, 3.05) is 11.9 Å². The Morgan fingerprint density at radius 2 is 1.84 bits per heavy atom. The summed E-state index contributed by atoms with van der Waals surface area (Å²) in [5.74, 6) is -2.87. The van der Waals surface area contributed by atoms with E-state index in [1.54, 1.807) is 0 Å². The lowest BCUT2D eigenvalue weighted by atomic mass is 9.85. The molecule has 19 heavy (non-hydrogen) atoms. The van der Waals surface area contributed by atoms with Crippen LogP contribution in [0.25, 0.3) is 0 Å². The summed E-state index contributed by atoms with van der Waals surface area (Å²) >= 11 is 5.86. The summed E-state index contributed by atoms with van der Waals surface area (Å²) in [7, 11) is -4.50. The Hall–Kier alpha value is -0.880. The summed E-state index contributed by atoms with van der Waals surface area (Å²) in [6.07, 6.45) is 1.93. The average molecular weight is 310 g/mol. The van der Waals surface area contributed by atoms with Crippen molar-refractivity contribution in [1.82, 2.24) is 0 Å². The van der Waals surface area contributed by atoms with E-state index in [1.165, 1.54) is 24.3 Å². The van der Waals surface area contributed by atoms with Gasteiger partial charge in [0.1, 0.15) is 0 Å². The summed E-state index contributed by atoms with van der Waals surface area (Å²) in [6.45, 7) is 0.754. The van der Waals surface area contributed by atoms with E-state index in [1.807, 2.05) is 0 Å². The van der Waals surface area contributed by atoms with Crippen LogP contribution in [0, 0.1) is 5.92 Å². The molecule has 3 nitrogen and oxygen atoms in total. The molecule has 1 aliphatic carbocycles. The summed E-state index contributed by atoms with van der Waals surface area (Å²) in [6, 6.07) is 5.36. The van der Waals surface area contributed by atoms with E-state index in [2.05, 4.69) is 5.32 Å². The molecule has 1 N–H and O–H groups in total. The number of hydrogen-bond acceptors (Lipinski definition) is 3. The van der Waals surface area contributed by atoms with Gasteiger partial charge in [0.05, 0.1) is 4.90 Å². The maximum atomic E-state index is 12.3. The molecule has 0 amide bonds. The average Bonchev–Trinajstić information content (AvgIpc) is 2.33. The van der Waals surface area contributed by atoms with Crippen molar-refractivity contribution in [3.63, 3.8) is 0 Å². The van der Waals surface area contributed by atoms with Crippen molar-refractivity contribution < 1.29 is 17.2 Å². The van der Waals surface area contributed by atoms with Crippen molar-refractivity contribution in [1.29, 1.82) is 0 Å². The molecule has 0 aliphatic heterocycles. The van der Waals surface area contributed by atoms with Gasteiger partial charge < -0.3 is 5.32 Å². The van der Waals surface area contributed by atoms with Crippen LogP contribution in [0.15, 0.2) is 29.2 Å². The second-order valence-electron chi connectivity index (χ2n) is 4.65. The van der Waals surface area contributed by atoms with Gasteiger partial charge in [0, 0.05) is 17.6 Å². The molecule has 2 rings (SSSR count). The summed E-state index contributed by atoms with van der Waals surface area (Å²) < 4.78 is 47.1. The first-order valence-corrected chi connectivity index (χ1v) is 7.88. The van der Waals surface area contributed by atoms with Gasteiger partial charge in [-0.1, -0.05) is 0 Å². The Kier molecular flexibility index (Phi) is 4.30. The Labute approximate surface area is 115 Å². The molecule has 7 heteroatoms. The zero-order valence-electron chi connectivity index (χ0n) is 10.0. The van der Waals surface area contributed by atoms with Gasteiger partial charge in [0.2, 0.25) is 9.84 Å². The van der Waals surface area contributed by atoms with Gasteiger partial charge in [-0.15, -0.1) is 11.6 Å². The van der Waals surface area contributed by atoms with E-state index >= 15 is 0 Å². The number of anilines is 1. The SMILES string of the molecule is O=S(=O)(c1ccc(NCC2CC(Cl)C2)cc1)C(F)F. The number of hydrogen-bond donors (Lipinski definition) is 1. The minimum Gasteiger partial charge on any atom is -0.385 e. The Morgan fingerprint density at radius 1 is 1.26 bits per heavy atom. The molecule has 1 saturated carbocycles. The van der Waals surface area contributed by atoms with Gasteiger partial charge in [-0.3, -0.25) is 0 Å². The second-order valence-corrected chi connectivity index (χ2v) is 7.18. The number of alkyl halides is 3. The van der Waals surface area contributed by atoms with E-state index in [4.69, 9.17) is 11.6 Å². The van der Waals surface area contributed by atoms with Gasteiger partial charge in [0.25, 0.3) is 0 Å². The fraction of sp³-hybridized carbons (Fsp3) is 0.500. The number of sulfone groups is 1. The number of nitrogens with one attached hydrogen (secondary N) is 1. The number of benzene rings is 1. The topological polar surface area (TPSA) is 46.2 Å². The van der Waals surface area contributed by atoms with Crippen LogP contribution < -0.4 is 5.32 Å². The standard InChI is InChI=1S/C12H14ClF2NO2S/c13-9-5-8(6-9)7-16-10-1-3-11(4-2-10)19(17,18)12(14)15/h1-4,8-9,12,16H,5-7H2. The van der Waals surface area contributed by atoms with Crippen LogP contribution in [0.5, 0.6) is 0 Å². The van der Waals surface area contributed by atoms with Gasteiger partial charge in [-0.05, 0) is 43.0 Å². The van der Waals surface area contributed by atoms with Crippen molar-refractivity contribution in [3.8, 4) is 0 Å². The highest BCUT2D eigenvalue weighted by atomic mass is 35.5. The van der Waals surface area contributed by atoms with Crippen molar-refractivity contribution in [2.24, 2.45) is 5.92 Å². The molecule has 0 heterocycles. The predicted molar refractivity (Wildman–Crippen MR) is 70.5 cm³/mol. The zero-order valence-corrected chi connectivity index (χ0v) is 11.6. The lowest BCUT2D eigenvalue weighted by Gasteiger charge is -2.31. The first-order chi connectivity index (χ1) is 8.89. The van der Waals surface area contributed by atoms with Crippen LogP contribution in [-0.4, -0.2) is 26.1 Å². The molecule has 1 fully saturated rings. The van der Waals surface area contributed by atoms with Crippen LogP contribution in [-0.2, 0) is 9.84 Å². The van der Waals surface area contributed by atoms with Crippen molar-refractivity contribution >= 4 is 27.1 Å². The van der Waals surface area contributed by atoms with Crippen LogP contribution in [0.3, 0.4) is 0 Å². The predicted octanol–water partition coefficient (Wildman–Crippen LogP) is 3.11. The highest BCUT2D eigenvalue weighted by Gasteiger charge is 2.27. The first-order valence-electron chi connectivity index (χ1n) is 5.89. The fourth-order valence-corrected chi connectivity index (χ4v) is 3.17. The zero-order chi connectivity index (χ0) is 14.0. The maximum Gasteiger partial charge on any atom is 0.341 e. The third kappa shape index (κ3) is 3.36. The normalized spacial score (nSPS) is 23.2. The lowest BCUT2D eigenvalue weighted by Crippen LogP contribution is -2.29. The van der Waals surface area contributed by atoms with Gasteiger partial charge in [-0.2, -0.15) is 8.78 Å². The molecular formula is C12H14ClF2NO2S. The van der Waals surface area contributed by atoms with Crippen LogP contribution in [0.4, 0.5) is 14.5 Å². The molecule has 0 bridgehead atoms. The van der Waals surface area contributed by atoms with Gasteiger partial charge >= 0.3 is 5.76 Å². The minimum atomic E-state index is -4.50. The van der Waals surface area contributed by atoms with Gasteiger partial charge in [-0.25, -0.2) is 8.42 Å². The summed E-state index contributed by atoms with van der Waals surface area (Å²) in [5.41, 5.74) is 0.714. The Balaban J connectivity index is 1.95. The Morgan fingerprint density at radius 3 is 2.32 bits per heavy atom. The molecule has 1 aromatic carbocycles. The fourth-order valence-electron chi connectivity index (χ4n) is 1.95. The number of rotatable bonds is 5. The van der Waals surface area contributed by atoms with E-state index in [-0.39, 0.29) is 10.3 Å². The molecule has 0 unspecified atom stereocenters. The second kappa shape index (κ2) is 5.63. The molecule has 0 spiro atoms. The first kappa shape index (κ1) is 14.5. The lowest BCUT2D eigenvalue weighted by molar-refractivity contribution is 0.234. The minimum absolute atomic E-state index is 0.255.